The summed E-state index contributed by atoms with van der Waals surface area (Å²) in [6, 6.07) is 7.60. The molecule has 1 heterocycles. The number of rotatable bonds is 16. The van der Waals surface area contributed by atoms with Gasteiger partial charge in [0.15, 0.2) is 0 Å². The number of carboxylic acids is 2. The van der Waals surface area contributed by atoms with Crippen LogP contribution in [0.2, 0.25) is 0 Å². The van der Waals surface area contributed by atoms with Gasteiger partial charge in [-0.05, 0) is 74.6 Å². The Morgan fingerprint density at radius 2 is 1.84 bits per heavy atom. The third kappa shape index (κ3) is 9.12. The van der Waals surface area contributed by atoms with Crippen molar-refractivity contribution in [3.05, 3.63) is 42.0 Å². The SMILES string of the molecule is CC(C)[C@H](N)[C@@H](O)COc1cccc2cc(C(=O)NCCCC[C@H](N[C@@H](C)C(=O)N3CCC[C@@H]3C(=O)O)C(=O)O)ccc12. The van der Waals surface area contributed by atoms with E-state index >= 15 is 0 Å². The number of carbonyl (C=O) groups is 4. The van der Waals surface area contributed by atoms with Crippen molar-refractivity contribution in [2.75, 3.05) is 19.7 Å². The Morgan fingerprint density at radius 1 is 1.09 bits per heavy atom. The molecule has 7 N–H and O–H groups in total. The van der Waals surface area contributed by atoms with E-state index in [-0.39, 0.29) is 24.9 Å². The molecular formula is C31H44N4O8. The number of likely N-dealkylation sites (tertiary alicyclic amines) is 1. The van der Waals surface area contributed by atoms with Crippen LogP contribution < -0.4 is 21.1 Å². The van der Waals surface area contributed by atoms with Crippen molar-refractivity contribution < 1.29 is 39.2 Å². The monoisotopic (exact) mass is 600 g/mol. The van der Waals surface area contributed by atoms with Gasteiger partial charge in [-0.25, -0.2) is 4.79 Å². The fourth-order valence-corrected chi connectivity index (χ4v) is 5.22. The molecule has 236 valence electrons. The molecule has 0 unspecified atom stereocenters. The van der Waals surface area contributed by atoms with E-state index in [0.717, 1.165) is 10.8 Å². The lowest BCUT2D eigenvalue weighted by Gasteiger charge is -2.27. The van der Waals surface area contributed by atoms with Crippen LogP contribution in [0, 0.1) is 5.92 Å². The molecule has 1 fully saturated rings. The van der Waals surface area contributed by atoms with Gasteiger partial charge in [-0.1, -0.05) is 26.0 Å². The summed E-state index contributed by atoms with van der Waals surface area (Å²) in [5, 5.41) is 36.5. The molecule has 2 aromatic rings. The summed E-state index contributed by atoms with van der Waals surface area (Å²) in [7, 11) is 0. The highest BCUT2D eigenvalue weighted by atomic mass is 16.5. The lowest BCUT2D eigenvalue weighted by Crippen LogP contribution is -2.53. The third-order valence-electron chi connectivity index (χ3n) is 7.87. The number of hydrogen-bond acceptors (Lipinski definition) is 8. The molecule has 0 saturated carbocycles. The van der Waals surface area contributed by atoms with Gasteiger partial charge in [0.05, 0.1) is 6.04 Å². The van der Waals surface area contributed by atoms with Crippen LogP contribution in [0.15, 0.2) is 36.4 Å². The van der Waals surface area contributed by atoms with E-state index in [1.54, 1.807) is 31.2 Å². The minimum Gasteiger partial charge on any atom is -0.490 e. The number of amides is 2. The molecule has 0 radical (unpaired) electrons. The summed E-state index contributed by atoms with van der Waals surface area (Å²) in [5.41, 5.74) is 6.47. The van der Waals surface area contributed by atoms with E-state index < -0.39 is 48.1 Å². The maximum absolute atomic E-state index is 12.8. The molecule has 5 atom stereocenters. The fraction of sp³-hybridized carbons (Fsp3) is 0.548. The van der Waals surface area contributed by atoms with Crippen LogP contribution in [0.25, 0.3) is 10.8 Å². The van der Waals surface area contributed by atoms with Gasteiger partial charge in [-0.15, -0.1) is 0 Å². The molecule has 12 heteroatoms. The highest BCUT2D eigenvalue weighted by molar-refractivity contribution is 5.99. The second-order valence-electron chi connectivity index (χ2n) is 11.5. The number of hydrogen-bond donors (Lipinski definition) is 6. The second kappa shape index (κ2) is 15.6. The molecule has 0 aliphatic carbocycles. The minimum atomic E-state index is -1.10. The quantitative estimate of drug-likeness (QED) is 0.155. The van der Waals surface area contributed by atoms with Crippen LogP contribution in [0.3, 0.4) is 0 Å². The Labute approximate surface area is 251 Å². The number of carboxylic acid groups (broad SMARTS) is 2. The number of benzene rings is 2. The summed E-state index contributed by atoms with van der Waals surface area (Å²) in [5.74, 6) is -2.16. The van der Waals surface area contributed by atoms with Crippen LogP contribution in [-0.2, 0) is 14.4 Å². The zero-order chi connectivity index (χ0) is 31.7. The van der Waals surface area contributed by atoms with Gasteiger partial charge in [-0.3, -0.25) is 19.7 Å². The molecule has 1 aliphatic rings. The summed E-state index contributed by atoms with van der Waals surface area (Å²) in [4.78, 5) is 50.0. The number of nitrogens with two attached hydrogens (primary N) is 1. The lowest BCUT2D eigenvalue weighted by atomic mass is 10.0. The van der Waals surface area contributed by atoms with E-state index in [0.29, 0.717) is 50.1 Å². The van der Waals surface area contributed by atoms with E-state index in [2.05, 4.69) is 10.6 Å². The number of aliphatic hydroxyl groups excluding tert-OH is 1. The molecule has 3 rings (SSSR count). The first-order valence-electron chi connectivity index (χ1n) is 14.8. The topological polar surface area (TPSA) is 192 Å². The van der Waals surface area contributed by atoms with Crippen molar-refractivity contribution in [3.8, 4) is 5.75 Å². The number of unbranched alkanes of at least 4 members (excludes halogenated alkanes) is 1. The summed E-state index contributed by atoms with van der Waals surface area (Å²) >= 11 is 0. The number of carbonyl (C=O) groups excluding carboxylic acids is 2. The van der Waals surface area contributed by atoms with Crippen LogP contribution in [0.4, 0.5) is 0 Å². The van der Waals surface area contributed by atoms with Crippen molar-refractivity contribution in [1.29, 1.82) is 0 Å². The molecule has 0 bridgehead atoms. The molecular weight excluding hydrogens is 556 g/mol. The lowest BCUT2D eigenvalue weighted by molar-refractivity contribution is -0.149. The normalized spacial score (nSPS) is 17.8. The number of nitrogens with one attached hydrogen (secondary N) is 2. The number of aliphatic carboxylic acids is 2. The van der Waals surface area contributed by atoms with Crippen molar-refractivity contribution in [2.24, 2.45) is 11.7 Å². The van der Waals surface area contributed by atoms with Gasteiger partial charge < -0.3 is 36.0 Å². The van der Waals surface area contributed by atoms with Crippen LogP contribution >= 0.6 is 0 Å². The first-order valence-corrected chi connectivity index (χ1v) is 14.8. The smallest absolute Gasteiger partial charge is 0.326 e. The summed E-state index contributed by atoms with van der Waals surface area (Å²) < 4.78 is 5.84. The molecule has 0 spiro atoms. The van der Waals surface area contributed by atoms with Crippen molar-refractivity contribution in [3.63, 3.8) is 0 Å². The summed E-state index contributed by atoms with van der Waals surface area (Å²) in [6.07, 6.45) is 1.42. The molecule has 43 heavy (non-hydrogen) atoms. The Kier molecular flexibility index (Phi) is 12.3. The van der Waals surface area contributed by atoms with Crippen molar-refractivity contribution in [2.45, 2.75) is 83.1 Å². The molecule has 2 amide bonds. The molecule has 1 saturated heterocycles. The predicted octanol–water partition coefficient (Wildman–Crippen LogP) is 1.97. The van der Waals surface area contributed by atoms with Crippen LogP contribution in [0.1, 0.15) is 63.2 Å². The fourth-order valence-electron chi connectivity index (χ4n) is 5.22. The Bertz CT molecular complexity index is 1290. The average Bonchev–Trinajstić information content (AvgIpc) is 3.48. The predicted molar refractivity (Wildman–Crippen MR) is 161 cm³/mol. The Hall–Kier alpha value is -3.74. The van der Waals surface area contributed by atoms with Crippen LogP contribution in [0.5, 0.6) is 5.75 Å². The van der Waals surface area contributed by atoms with E-state index in [1.807, 2.05) is 26.0 Å². The molecule has 0 aromatic heterocycles. The van der Waals surface area contributed by atoms with E-state index in [4.69, 9.17) is 10.5 Å². The zero-order valence-corrected chi connectivity index (χ0v) is 25.0. The van der Waals surface area contributed by atoms with Gasteiger partial charge in [0, 0.05) is 30.1 Å². The van der Waals surface area contributed by atoms with Crippen molar-refractivity contribution in [1.82, 2.24) is 15.5 Å². The highest BCUT2D eigenvalue weighted by Gasteiger charge is 2.36. The molecule has 12 nitrogen and oxygen atoms in total. The average molecular weight is 601 g/mol. The Morgan fingerprint density at radius 3 is 2.51 bits per heavy atom. The Balaban J connectivity index is 1.47. The molecule has 2 aromatic carbocycles. The first kappa shape index (κ1) is 33.8. The van der Waals surface area contributed by atoms with Crippen molar-refractivity contribution >= 4 is 34.5 Å². The number of aliphatic hydroxyl groups is 1. The van der Waals surface area contributed by atoms with Gasteiger partial charge >= 0.3 is 11.9 Å². The van der Waals surface area contributed by atoms with Gasteiger partial charge in [0.1, 0.15) is 30.5 Å². The van der Waals surface area contributed by atoms with Gasteiger partial charge in [0.2, 0.25) is 5.91 Å². The first-order chi connectivity index (χ1) is 20.4. The number of nitrogens with zero attached hydrogens (tertiary/aromatic N) is 1. The highest BCUT2D eigenvalue weighted by Crippen LogP contribution is 2.27. The van der Waals surface area contributed by atoms with E-state index in [9.17, 15) is 34.5 Å². The van der Waals surface area contributed by atoms with Crippen LogP contribution in [-0.4, -0.2) is 93.9 Å². The largest absolute Gasteiger partial charge is 0.490 e. The van der Waals surface area contributed by atoms with Gasteiger partial charge in [0.25, 0.3) is 5.91 Å². The molecule has 1 aliphatic heterocycles. The van der Waals surface area contributed by atoms with Gasteiger partial charge in [-0.2, -0.15) is 0 Å². The maximum atomic E-state index is 12.8. The third-order valence-corrected chi connectivity index (χ3v) is 7.87. The van der Waals surface area contributed by atoms with E-state index in [1.165, 1.54) is 4.90 Å². The number of fused-ring (bicyclic) bond motifs is 1. The standard InChI is InChI=1S/C31H44N4O8/c1-18(2)27(32)25(36)17-43-26-11-6-8-20-16-21(12-13-22(20)26)28(37)33-14-5-4-9-23(30(39)40)34-19(3)29(38)35-15-7-10-24(35)31(41)42/h6,8,11-13,16,18-19,23-25,27,34,36H,4-5,7,9-10,14-15,17,32H2,1-3H3,(H,33,37)(H,39,40)(H,41,42)/t19-,23-,24+,25-,27-/m0/s1. The number of ether oxygens (including phenoxy) is 1. The zero-order valence-electron chi connectivity index (χ0n) is 25.0. The summed E-state index contributed by atoms with van der Waals surface area (Å²) in [6.45, 7) is 6.14. The minimum absolute atomic E-state index is 0.0534. The maximum Gasteiger partial charge on any atom is 0.326 e. The second-order valence-corrected chi connectivity index (χ2v) is 11.5.